The van der Waals surface area contributed by atoms with E-state index in [1.54, 1.807) is 12.1 Å². The molecule has 0 bridgehead atoms. The minimum absolute atomic E-state index is 0.250. The molecular formula is C21H26O9. The molecule has 0 aromatic heterocycles. The van der Waals surface area contributed by atoms with Crippen molar-refractivity contribution >= 4 is 23.9 Å². The zero-order valence-corrected chi connectivity index (χ0v) is 17.6. The van der Waals surface area contributed by atoms with Crippen LogP contribution in [0.5, 0.6) is 0 Å². The molecule has 9 heteroatoms. The van der Waals surface area contributed by atoms with Crippen LogP contribution < -0.4 is 0 Å². The molecular weight excluding hydrogens is 396 g/mol. The standard InChI is InChI=1S/C21H26O9/c1-11-8-6-7-9-16(11)18-20(28-14(4)24)21(29-15(5)25)19(27-13(3)23)17(30-18)10-26-12(2)22/h6-9,17-21H,10H2,1-5H3/t17-,18-,19+,20+,21+/m1/s1. The third-order valence-electron chi connectivity index (χ3n) is 4.49. The minimum Gasteiger partial charge on any atom is -0.463 e. The van der Waals surface area contributed by atoms with E-state index in [2.05, 4.69) is 0 Å². The molecule has 1 aliphatic heterocycles. The molecule has 0 N–H and O–H groups in total. The van der Waals surface area contributed by atoms with E-state index in [-0.39, 0.29) is 6.61 Å². The van der Waals surface area contributed by atoms with Gasteiger partial charge in [-0.3, -0.25) is 19.2 Å². The molecule has 30 heavy (non-hydrogen) atoms. The first-order chi connectivity index (χ1) is 14.1. The molecule has 0 aliphatic carbocycles. The van der Waals surface area contributed by atoms with Crippen molar-refractivity contribution in [2.45, 2.75) is 65.1 Å². The van der Waals surface area contributed by atoms with Crippen molar-refractivity contribution < 1.29 is 42.9 Å². The van der Waals surface area contributed by atoms with Crippen LogP contribution in [0.1, 0.15) is 44.9 Å². The fourth-order valence-corrected chi connectivity index (χ4v) is 3.38. The predicted octanol–water partition coefficient (Wildman–Crippen LogP) is 1.79. The third-order valence-corrected chi connectivity index (χ3v) is 4.49. The summed E-state index contributed by atoms with van der Waals surface area (Å²) in [5.74, 6) is -2.51. The first kappa shape index (κ1) is 23.3. The lowest BCUT2D eigenvalue weighted by Gasteiger charge is -2.44. The lowest BCUT2D eigenvalue weighted by atomic mass is 9.89. The highest BCUT2D eigenvalue weighted by molar-refractivity contribution is 5.68. The number of aryl methyl sites for hydroxylation is 1. The van der Waals surface area contributed by atoms with Gasteiger partial charge in [-0.05, 0) is 18.1 Å². The number of carbonyl (C=O) groups is 4. The van der Waals surface area contributed by atoms with E-state index in [4.69, 9.17) is 23.7 Å². The number of carbonyl (C=O) groups excluding carboxylic acids is 4. The normalized spacial score (nSPS) is 25.7. The molecule has 1 fully saturated rings. The Labute approximate surface area is 174 Å². The fourth-order valence-electron chi connectivity index (χ4n) is 3.38. The van der Waals surface area contributed by atoms with E-state index < -0.39 is 54.4 Å². The summed E-state index contributed by atoms with van der Waals surface area (Å²) in [6.07, 6.45) is -5.24. The van der Waals surface area contributed by atoms with Crippen LogP contribution in [0.25, 0.3) is 0 Å². The van der Waals surface area contributed by atoms with Crippen molar-refractivity contribution in [3.8, 4) is 0 Å². The summed E-state index contributed by atoms with van der Waals surface area (Å²) in [6.45, 7) is 6.42. The summed E-state index contributed by atoms with van der Waals surface area (Å²) < 4.78 is 27.5. The Balaban J connectivity index is 2.55. The van der Waals surface area contributed by atoms with Crippen LogP contribution in [-0.2, 0) is 42.9 Å². The van der Waals surface area contributed by atoms with Gasteiger partial charge in [0.05, 0.1) is 0 Å². The largest absolute Gasteiger partial charge is 0.463 e. The number of hydrogen-bond acceptors (Lipinski definition) is 9. The average Bonchev–Trinajstić information content (AvgIpc) is 2.63. The van der Waals surface area contributed by atoms with Gasteiger partial charge in [-0.15, -0.1) is 0 Å². The van der Waals surface area contributed by atoms with E-state index in [9.17, 15) is 19.2 Å². The molecule has 0 radical (unpaired) electrons. The molecule has 1 aromatic carbocycles. The van der Waals surface area contributed by atoms with Crippen LogP contribution in [0.3, 0.4) is 0 Å². The van der Waals surface area contributed by atoms with Crippen molar-refractivity contribution in [1.82, 2.24) is 0 Å². The minimum atomic E-state index is -1.17. The SMILES string of the molecule is CC(=O)OC[C@H]1O[C@H](c2ccccc2C)[C@H](OC(C)=O)[C@@H](OC(C)=O)[C@H]1OC(C)=O. The van der Waals surface area contributed by atoms with E-state index >= 15 is 0 Å². The molecule has 0 spiro atoms. The van der Waals surface area contributed by atoms with Gasteiger partial charge in [0.25, 0.3) is 0 Å². The topological polar surface area (TPSA) is 114 Å². The molecule has 1 heterocycles. The number of esters is 4. The lowest BCUT2D eigenvalue weighted by Crippen LogP contribution is -2.59. The maximum Gasteiger partial charge on any atom is 0.303 e. The first-order valence-corrected chi connectivity index (χ1v) is 9.46. The summed E-state index contributed by atoms with van der Waals surface area (Å²) in [5, 5.41) is 0. The van der Waals surface area contributed by atoms with Gasteiger partial charge >= 0.3 is 23.9 Å². The highest BCUT2D eigenvalue weighted by Crippen LogP contribution is 2.38. The van der Waals surface area contributed by atoms with Crippen molar-refractivity contribution in [1.29, 1.82) is 0 Å². The molecule has 1 aliphatic rings. The van der Waals surface area contributed by atoms with E-state index in [1.807, 2.05) is 19.1 Å². The van der Waals surface area contributed by atoms with Crippen LogP contribution in [0.4, 0.5) is 0 Å². The van der Waals surface area contributed by atoms with Gasteiger partial charge < -0.3 is 23.7 Å². The second-order valence-electron chi connectivity index (χ2n) is 6.98. The van der Waals surface area contributed by atoms with Gasteiger partial charge in [0.2, 0.25) is 0 Å². The average molecular weight is 422 g/mol. The Morgan fingerprint density at radius 2 is 1.33 bits per heavy atom. The maximum atomic E-state index is 11.8. The summed E-state index contributed by atoms with van der Waals surface area (Å²) in [7, 11) is 0. The summed E-state index contributed by atoms with van der Waals surface area (Å²) in [5.41, 5.74) is 1.54. The Hall–Kier alpha value is -2.94. The Morgan fingerprint density at radius 3 is 1.87 bits per heavy atom. The predicted molar refractivity (Wildman–Crippen MR) is 102 cm³/mol. The van der Waals surface area contributed by atoms with Crippen molar-refractivity contribution in [2.75, 3.05) is 6.61 Å². The summed E-state index contributed by atoms with van der Waals surface area (Å²) >= 11 is 0. The molecule has 0 amide bonds. The number of hydrogen-bond donors (Lipinski definition) is 0. The zero-order chi connectivity index (χ0) is 22.4. The molecule has 0 unspecified atom stereocenters. The van der Waals surface area contributed by atoms with Crippen LogP contribution in [0.15, 0.2) is 24.3 Å². The second-order valence-corrected chi connectivity index (χ2v) is 6.98. The highest BCUT2D eigenvalue weighted by Gasteiger charge is 2.52. The smallest absolute Gasteiger partial charge is 0.303 e. The quantitative estimate of drug-likeness (QED) is 0.500. The van der Waals surface area contributed by atoms with E-state index in [0.29, 0.717) is 5.56 Å². The Bertz CT molecular complexity index is 803. The van der Waals surface area contributed by atoms with Crippen LogP contribution in [-0.4, -0.2) is 54.9 Å². The second kappa shape index (κ2) is 10.2. The molecule has 1 saturated heterocycles. The highest BCUT2D eigenvalue weighted by atomic mass is 16.7. The van der Waals surface area contributed by atoms with Gasteiger partial charge in [0.15, 0.2) is 18.3 Å². The van der Waals surface area contributed by atoms with Crippen molar-refractivity contribution in [3.63, 3.8) is 0 Å². The van der Waals surface area contributed by atoms with Gasteiger partial charge in [-0.1, -0.05) is 24.3 Å². The van der Waals surface area contributed by atoms with E-state index in [1.165, 1.54) is 27.7 Å². The third kappa shape index (κ3) is 6.03. The maximum absolute atomic E-state index is 11.8. The fraction of sp³-hybridized carbons (Fsp3) is 0.524. The molecule has 2 rings (SSSR count). The van der Waals surface area contributed by atoms with Gasteiger partial charge in [-0.2, -0.15) is 0 Å². The molecule has 1 aromatic rings. The number of rotatable bonds is 6. The first-order valence-electron chi connectivity index (χ1n) is 9.46. The van der Waals surface area contributed by atoms with Crippen LogP contribution in [0, 0.1) is 6.92 Å². The Morgan fingerprint density at radius 1 is 0.800 bits per heavy atom. The van der Waals surface area contributed by atoms with Gasteiger partial charge in [0, 0.05) is 27.7 Å². The van der Waals surface area contributed by atoms with Crippen molar-refractivity contribution in [3.05, 3.63) is 35.4 Å². The van der Waals surface area contributed by atoms with Gasteiger partial charge in [-0.25, -0.2) is 0 Å². The molecule has 164 valence electrons. The monoisotopic (exact) mass is 422 g/mol. The lowest BCUT2D eigenvalue weighted by molar-refractivity contribution is -0.254. The molecule has 9 nitrogen and oxygen atoms in total. The Kier molecular flexibility index (Phi) is 7.93. The number of ether oxygens (including phenoxy) is 5. The van der Waals surface area contributed by atoms with Crippen LogP contribution >= 0.6 is 0 Å². The summed E-state index contributed by atoms with van der Waals surface area (Å²) in [6, 6.07) is 7.26. The van der Waals surface area contributed by atoms with E-state index in [0.717, 1.165) is 5.56 Å². The van der Waals surface area contributed by atoms with Crippen LogP contribution in [0.2, 0.25) is 0 Å². The summed E-state index contributed by atoms with van der Waals surface area (Å²) in [4.78, 5) is 46.7. The van der Waals surface area contributed by atoms with Crippen molar-refractivity contribution in [2.24, 2.45) is 0 Å². The number of benzene rings is 1. The molecule has 0 saturated carbocycles. The zero-order valence-electron chi connectivity index (χ0n) is 17.6. The van der Waals surface area contributed by atoms with Gasteiger partial charge in [0.1, 0.15) is 18.8 Å². The molecule has 5 atom stereocenters.